The van der Waals surface area contributed by atoms with Gasteiger partial charge in [-0.1, -0.05) is 48.5 Å². The first-order valence-electron chi connectivity index (χ1n) is 9.50. The smallest absolute Gasteiger partial charge is 0.410 e. The van der Waals surface area contributed by atoms with Crippen molar-refractivity contribution in [2.45, 2.75) is 30.9 Å². The number of piperidine rings is 1. The van der Waals surface area contributed by atoms with Gasteiger partial charge in [0.05, 0.1) is 6.10 Å². The van der Waals surface area contributed by atoms with Crippen LogP contribution in [0.4, 0.5) is 4.79 Å². The molecular formula is C22H21NO4. The minimum atomic E-state index is -0.477. The van der Waals surface area contributed by atoms with Gasteiger partial charge in [-0.2, -0.15) is 0 Å². The van der Waals surface area contributed by atoms with Crippen LogP contribution < -0.4 is 0 Å². The van der Waals surface area contributed by atoms with Gasteiger partial charge in [-0.25, -0.2) is 4.79 Å². The maximum atomic E-state index is 12.8. The number of hydrogen-bond acceptors (Lipinski definition) is 4. The van der Waals surface area contributed by atoms with E-state index in [-0.39, 0.29) is 31.0 Å². The van der Waals surface area contributed by atoms with E-state index in [4.69, 9.17) is 9.47 Å². The van der Waals surface area contributed by atoms with E-state index in [0.29, 0.717) is 6.54 Å². The van der Waals surface area contributed by atoms with Gasteiger partial charge >= 0.3 is 6.09 Å². The molecule has 0 unspecified atom stereocenters. The van der Waals surface area contributed by atoms with Gasteiger partial charge in [0.1, 0.15) is 19.3 Å². The van der Waals surface area contributed by atoms with Crippen molar-refractivity contribution in [2.75, 3.05) is 19.8 Å². The van der Waals surface area contributed by atoms with Crippen molar-refractivity contribution in [3.8, 4) is 11.1 Å². The average Bonchev–Trinajstić information content (AvgIpc) is 3.25. The Balaban J connectivity index is 1.36. The topological polar surface area (TPSA) is 55.8 Å². The van der Waals surface area contributed by atoms with Crippen molar-refractivity contribution in [3.05, 3.63) is 59.7 Å². The third-order valence-electron chi connectivity index (χ3n) is 5.92. The number of nitrogens with zero attached hydrogens (tertiary/aromatic N) is 1. The Kier molecular flexibility index (Phi) is 3.97. The molecule has 2 aromatic rings. The van der Waals surface area contributed by atoms with Gasteiger partial charge in [-0.05, 0) is 35.1 Å². The minimum Gasteiger partial charge on any atom is -0.448 e. The molecule has 0 N–H and O–H groups in total. The molecule has 2 aliphatic heterocycles. The highest BCUT2D eigenvalue weighted by Crippen LogP contribution is 2.44. The van der Waals surface area contributed by atoms with Crippen LogP contribution >= 0.6 is 0 Å². The first kappa shape index (κ1) is 16.5. The lowest BCUT2D eigenvalue weighted by molar-refractivity contribution is -0.121. The molecule has 2 fully saturated rings. The number of carbonyl (C=O) groups is 2. The summed E-state index contributed by atoms with van der Waals surface area (Å²) in [5.41, 5.74) is 4.77. The third-order valence-corrected chi connectivity index (χ3v) is 5.92. The summed E-state index contributed by atoms with van der Waals surface area (Å²) in [6.45, 7) is 0.922. The summed E-state index contributed by atoms with van der Waals surface area (Å²) in [5, 5.41) is 0. The Morgan fingerprint density at radius 2 is 1.74 bits per heavy atom. The summed E-state index contributed by atoms with van der Waals surface area (Å²) >= 11 is 0. The lowest BCUT2D eigenvalue weighted by Gasteiger charge is -2.34. The second-order valence-electron chi connectivity index (χ2n) is 7.40. The lowest BCUT2D eigenvalue weighted by Crippen LogP contribution is -2.52. The summed E-state index contributed by atoms with van der Waals surface area (Å²) in [7, 11) is 0. The monoisotopic (exact) mass is 363 g/mol. The second kappa shape index (κ2) is 6.50. The molecule has 5 heteroatoms. The van der Waals surface area contributed by atoms with Crippen LogP contribution in [-0.4, -0.2) is 48.7 Å². The number of Topliss-reactive ketones (excluding diaryl/α,β-unsaturated/α-hetero) is 1. The molecule has 0 aromatic heterocycles. The van der Waals surface area contributed by atoms with E-state index in [1.54, 1.807) is 4.90 Å². The summed E-state index contributed by atoms with van der Waals surface area (Å²) < 4.78 is 11.2. The van der Waals surface area contributed by atoms with Gasteiger partial charge in [0.15, 0.2) is 5.78 Å². The zero-order chi connectivity index (χ0) is 18.4. The van der Waals surface area contributed by atoms with Crippen LogP contribution in [0.2, 0.25) is 0 Å². The van der Waals surface area contributed by atoms with Crippen LogP contribution in [0.1, 0.15) is 29.9 Å². The molecule has 1 aliphatic carbocycles. The quantitative estimate of drug-likeness (QED) is 0.821. The Morgan fingerprint density at radius 1 is 1.07 bits per heavy atom. The number of ether oxygens (including phenoxy) is 2. The molecule has 5 rings (SSSR count). The molecule has 27 heavy (non-hydrogen) atoms. The maximum absolute atomic E-state index is 12.8. The van der Waals surface area contributed by atoms with Crippen LogP contribution in [0.5, 0.6) is 0 Å². The Bertz CT molecular complexity index is 863. The molecule has 2 aromatic carbocycles. The molecule has 2 atom stereocenters. The molecule has 138 valence electrons. The van der Waals surface area contributed by atoms with E-state index in [2.05, 4.69) is 24.3 Å². The molecule has 2 saturated heterocycles. The van der Waals surface area contributed by atoms with Crippen LogP contribution in [0.15, 0.2) is 48.5 Å². The van der Waals surface area contributed by atoms with Gasteiger partial charge in [0.25, 0.3) is 0 Å². The predicted molar refractivity (Wildman–Crippen MR) is 99.5 cm³/mol. The number of benzene rings is 2. The van der Waals surface area contributed by atoms with E-state index in [0.717, 1.165) is 12.8 Å². The van der Waals surface area contributed by atoms with Crippen LogP contribution in [-0.2, 0) is 14.3 Å². The van der Waals surface area contributed by atoms with Crippen molar-refractivity contribution in [2.24, 2.45) is 0 Å². The van der Waals surface area contributed by atoms with E-state index < -0.39 is 12.1 Å². The standard InChI is InChI=1S/C22H21NO4/c24-19-13-26-20-10-5-11-23(21(19)20)22(25)27-12-18-16-8-3-1-6-14(16)15-7-2-4-9-17(15)18/h1-4,6-9,18,20-21H,5,10-13H2/t20-,21-/m0/s1. The van der Waals surface area contributed by atoms with Crippen LogP contribution in [0.25, 0.3) is 11.1 Å². The van der Waals surface area contributed by atoms with Crippen molar-refractivity contribution >= 4 is 11.9 Å². The van der Waals surface area contributed by atoms with E-state index in [9.17, 15) is 9.59 Å². The molecule has 0 spiro atoms. The molecular weight excluding hydrogens is 342 g/mol. The highest BCUT2D eigenvalue weighted by Gasteiger charge is 2.45. The largest absolute Gasteiger partial charge is 0.448 e. The highest BCUT2D eigenvalue weighted by atomic mass is 16.6. The van der Waals surface area contributed by atoms with E-state index in [1.165, 1.54) is 22.3 Å². The summed E-state index contributed by atoms with van der Waals surface area (Å²) in [6.07, 6.45) is 1.07. The lowest BCUT2D eigenvalue weighted by atomic mass is 9.98. The summed E-state index contributed by atoms with van der Waals surface area (Å²) in [6, 6.07) is 16.0. The summed E-state index contributed by atoms with van der Waals surface area (Å²) in [4.78, 5) is 26.5. The van der Waals surface area contributed by atoms with Gasteiger partial charge in [0.2, 0.25) is 0 Å². The van der Waals surface area contributed by atoms with Crippen LogP contribution in [0.3, 0.4) is 0 Å². The Labute approximate surface area is 157 Å². The first-order chi connectivity index (χ1) is 13.2. The molecule has 2 heterocycles. The third kappa shape index (κ3) is 2.65. The minimum absolute atomic E-state index is 0.0202. The molecule has 0 radical (unpaired) electrons. The second-order valence-corrected chi connectivity index (χ2v) is 7.40. The van der Waals surface area contributed by atoms with Crippen molar-refractivity contribution in [1.29, 1.82) is 0 Å². The zero-order valence-corrected chi connectivity index (χ0v) is 15.0. The number of fused-ring (bicyclic) bond motifs is 4. The van der Waals surface area contributed by atoms with Crippen molar-refractivity contribution < 1.29 is 19.1 Å². The predicted octanol–water partition coefficient (Wildman–Crippen LogP) is 3.37. The van der Waals surface area contributed by atoms with Gasteiger partial charge in [-0.15, -0.1) is 0 Å². The number of ketones is 1. The highest BCUT2D eigenvalue weighted by molar-refractivity contribution is 5.90. The number of amides is 1. The zero-order valence-electron chi connectivity index (χ0n) is 15.0. The number of carbonyl (C=O) groups excluding carboxylic acids is 2. The van der Waals surface area contributed by atoms with Crippen molar-refractivity contribution in [1.82, 2.24) is 4.90 Å². The SMILES string of the molecule is O=C1CO[C@H]2CCCN(C(=O)OCC3c4ccccc4-c4ccccc43)[C@@H]12. The molecule has 5 nitrogen and oxygen atoms in total. The normalized spacial score (nSPS) is 23.7. The molecule has 0 saturated carbocycles. The first-order valence-corrected chi connectivity index (χ1v) is 9.50. The van der Waals surface area contributed by atoms with Gasteiger partial charge in [0, 0.05) is 12.5 Å². The fourth-order valence-corrected chi connectivity index (χ4v) is 4.67. The fraction of sp³-hybridized carbons (Fsp3) is 0.364. The maximum Gasteiger partial charge on any atom is 0.410 e. The van der Waals surface area contributed by atoms with Gasteiger partial charge in [-0.3, -0.25) is 9.69 Å². The number of rotatable bonds is 2. The summed E-state index contributed by atoms with van der Waals surface area (Å²) in [5.74, 6) is 0.00525. The number of likely N-dealkylation sites (tertiary alicyclic amines) is 1. The number of hydrogen-bond donors (Lipinski definition) is 0. The fourth-order valence-electron chi connectivity index (χ4n) is 4.67. The van der Waals surface area contributed by atoms with Crippen LogP contribution in [0, 0.1) is 0 Å². The van der Waals surface area contributed by atoms with Gasteiger partial charge < -0.3 is 9.47 Å². The molecule has 1 amide bonds. The molecule has 0 bridgehead atoms. The molecule has 3 aliphatic rings. The average molecular weight is 363 g/mol. The van der Waals surface area contributed by atoms with Crippen molar-refractivity contribution in [3.63, 3.8) is 0 Å². The van der Waals surface area contributed by atoms with E-state index >= 15 is 0 Å². The Hall–Kier alpha value is -2.66. The Morgan fingerprint density at radius 3 is 2.44 bits per heavy atom. The van der Waals surface area contributed by atoms with E-state index in [1.807, 2.05) is 24.3 Å².